The Balaban J connectivity index is 1.61. The van der Waals surface area contributed by atoms with Gasteiger partial charge in [-0.3, -0.25) is 18.4 Å². The van der Waals surface area contributed by atoms with E-state index in [9.17, 15) is 19.3 Å². The molecular formula is C28H43N2O7PS. The topological polar surface area (TPSA) is 114 Å². The lowest BCUT2D eigenvalue weighted by Gasteiger charge is -2.24. The van der Waals surface area contributed by atoms with Crippen LogP contribution < -0.4 is 5.32 Å². The highest BCUT2D eigenvalue weighted by Crippen LogP contribution is 2.51. The van der Waals surface area contributed by atoms with E-state index in [0.717, 1.165) is 42.2 Å². The van der Waals surface area contributed by atoms with Gasteiger partial charge < -0.3 is 24.9 Å². The molecule has 2 heterocycles. The number of hydrogen-bond acceptors (Lipinski definition) is 9. The molecule has 0 aliphatic carbocycles. The molecule has 2 aromatic rings. The predicted molar refractivity (Wildman–Crippen MR) is 154 cm³/mol. The van der Waals surface area contributed by atoms with Crippen LogP contribution in [-0.4, -0.2) is 67.6 Å². The summed E-state index contributed by atoms with van der Waals surface area (Å²) in [5, 5.41) is 12.9. The van der Waals surface area contributed by atoms with Gasteiger partial charge in [-0.15, -0.1) is 11.3 Å². The Labute approximate surface area is 235 Å². The Hall–Kier alpha value is -1.65. The largest absolute Gasteiger partial charge is 0.370 e. The van der Waals surface area contributed by atoms with Crippen molar-refractivity contribution in [2.45, 2.75) is 83.6 Å². The number of carbonyl (C=O) groups excluding carboxylic acids is 2. The molecule has 1 unspecified atom stereocenters. The minimum Gasteiger partial charge on any atom is -0.370 e. The molecule has 1 aromatic carbocycles. The zero-order valence-electron chi connectivity index (χ0n) is 23.5. The molecule has 9 nitrogen and oxygen atoms in total. The van der Waals surface area contributed by atoms with Crippen molar-refractivity contribution in [3.8, 4) is 0 Å². The maximum atomic E-state index is 13.0. The van der Waals surface area contributed by atoms with Gasteiger partial charge in [-0.2, -0.15) is 0 Å². The number of benzene rings is 1. The fourth-order valence-electron chi connectivity index (χ4n) is 5.00. The van der Waals surface area contributed by atoms with Gasteiger partial charge in [0.05, 0.1) is 23.2 Å². The van der Waals surface area contributed by atoms with Crippen molar-refractivity contribution in [2.75, 3.05) is 27.2 Å². The van der Waals surface area contributed by atoms with Crippen LogP contribution in [-0.2, 0) is 29.3 Å². The number of hydrogen-bond donors (Lipinski definition) is 2. The predicted octanol–water partition coefficient (Wildman–Crippen LogP) is 5.55. The molecule has 1 aliphatic rings. The molecule has 1 amide bonds. The quantitative estimate of drug-likeness (QED) is 0.142. The number of likely N-dealkylation sites (tertiary alicyclic amines) is 1. The smallest absolute Gasteiger partial charge is 0.339 e. The van der Waals surface area contributed by atoms with Crippen LogP contribution in [0.25, 0.3) is 10.1 Å². The van der Waals surface area contributed by atoms with Crippen molar-refractivity contribution < 1.29 is 33.0 Å². The first-order chi connectivity index (χ1) is 18.7. The van der Waals surface area contributed by atoms with Crippen molar-refractivity contribution in [2.24, 2.45) is 5.92 Å². The Morgan fingerprint density at radius 1 is 1.31 bits per heavy atom. The fourth-order valence-corrected chi connectivity index (χ4v) is 7.24. The van der Waals surface area contributed by atoms with Crippen LogP contribution in [0.4, 0.5) is 0 Å². The second kappa shape index (κ2) is 15.4. The molecule has 11 heteroatoms. The van der Waals surface area contributed by atoms with Gasteiger partial charge in [0.1, 0.15) is 6.29 Å². The molecule has 0 saturated carbocycles. The van der Waals surface area contributed by atoms with E-state index < -0.39 is 20.4 Å². The Morgan fingerprint density at radius 2 is 2.10 bits per heavy atom. The SMILES string of the molecule is CC[C@@H](CC[C@H]1CCCN1C)C[C@@H](C=O)NC(=O)c1cc2cc(CP(=O)(OCO)OCOC(C)C)ccc2s1. The van der Waals surface area contributed by atoms with Gasteiger partial charge in [0.25, 0.3) is 5.91 Å². The standard InChI is InChI=1S/C28H43N2O7PS/c1-5-21(8-10-25-7-6-12-30(25)4)14-24(16-31)29-28(33)27-15-23-13-22(9-11-26(23)39-27)17-38(34,36-18-32)37-19-35-20(2)3/h9,11,13,15-16,20-21,24-25,32H,5-8,10,12,14,17-19H2,1-4H3,(H,29,33)/t21-,24-,25+,38?/m0/s1. The van der Waals surface area contributed by atoms with Crippen LogP contribution in [0.3, 0.4) is 0 Å². The van der Waals surface area contributed by atoms with E-state index in [2.05, 4.69) is 24.2 Å². The fraction of sp³-hybridized carbons (Fsp3) is 0.643. The highest BCUT2D eigenvalue weighted by molar-refractivity contribution is 7.53. The van der Waals surface area contributed by atoms with Gasteiger partial charge in [-0.1, -0.05) is 19.4 Å². The summed E-state index contributed by atoms with van der Waals surface area (Å²) in [6.07, 6.45) is 6.95. The molecule has 0 spiro atoms. The second-order valence-corrected chi connectivity index (χ2v) is 13.7. The molecule has 1 aliphatic heterocycles. The summed E-state index contributed by atoms with van der Waals surface area (Å²) in [4.78, 5) is 27.8. The minimum atomic E-state index is -3.64. The molecule has 2 N–H and O–H groups in total. The maximum Gasteiger partial charge on any atom is 0.339 e. The Morgan fingerprint density at radius 3 is 2.74 bits per heavy atom. The summed E-state index contributed by atoms with van der Waals surface area (Å²) in [6, 6.07) is 7.33. The van der Waals surface area contributed by atoms with Crippen molar-refractivity contribution in [3.63, 3.8) is 0 Å². The van der Waals surface area contributed by atoms with E-state index in [1.807, 2.05) is 26.0 Å². The number of rotatable bonds is 17. The molecule has 4 atom stereocenters. The van der Waals surface area contributed by atoms with Crippen molar-refractivity contribution in [3.05, 3.63) is 34.7 Å². The van der Waals surface area contributed by atoms with Crippen molar-refractivity contribution >= 4 is 41.2 Å². The Bertz CT molecular complexity index is 1120. The molecule has 0 bridgehead atoms. The van der Waals surface area contributed by atoms with Gasteiger partial charge in [-0.25, -0.2) is 0 Å². The van der Waals surface area contributed by atoms with E-state index in [4.69, 9.17) is 13.8 Å². The lowest BCUT2D eigenvalue weighted by atomic mass is 9.91. The third-order valence-electron chi connectivity index (χ3n) is 7.31. The third-order valence-corrected chi connectivity index (χ3v) is 10.2. The number of carbonyl (C=O) groups is 2. The van der Waals surface area contributed by atoms with E-state index in [1.54, 1.807) is 12.1 Å². The number of nitrogens with zero attached hydrogens (tertiary/aromatic N) is 1. The molecule has 39 heavy (non-hydrogen) atoms. The van der Waals surface area contributed by atoms with Crippen LogP contribution in [0, 0.1) is 5.92 Å². The first-order valence-electron chi connectivity index (χ1n) is 13.8. The van der Waals surface area contributed by atoms with Gasteiger partial charge in [0.15, 0.2) is 13.6 Å². The maximum absolute atomic E-state index is 13.0. The van der Waals surface area contributed by atoms with Crippen LogP contribution in [0.2, 0.25) is 0 Å². The average Bonchev–Trinajstić information content (AvgIpc) is 3.51. The summed E-state index contributed by atoms with van der Waals surface area (Å²) in [5.74, 6) is 0.105. The monoisotopic (exact) mass is 582 g/mol. The van der Waals surface area contributed by atoms with E-state index in [1.165, 1.54) is 24.2 Å². The van der Waals surface area contributed by atoms with Crippen LogP contribution in [0.5, 0.6) is 0 Å². The van der Waals surface area contributed by atoms with E-state index >= 15 is 0 Å². The van der Waals surface area contributed by atoms with Gasteiger partial charge in [-0.05, 0) is 94.6 Å². The molecule has 1 aromatic heterocycles. The molecule has 1 fully saturated rings. The number of amides is 1. The Kier molecular flexibility index (Phi) is 12.6. The van der Waals surface area contributed by atoms with Gasteiger partial charge in [0, 0.05) is 10.7 Å². The van der Waals surface area contributed by atoms with Crippen LogP contribution >= 0.6 is 18.9 Å². The zero-order valence-corrected chi connectivity index (χ0v) is 25.2. The summed E-state index contributed by atoms with van der Waals surface area (Å²) >= 11 is 1.34. The minimum absolute atomic E-state index is 0.0510. The second-order valence-electron chi connectivity index (χ2n) is 10.6. The molecular weight excluding hydrogens is 539 g/mol. The lowest BCUT2D eigenvalue weighted by Crippen LogP contribution is -2.37. The number of fused-ring (bicyclic) bond motifs is 1. The van der Waals surface area contributed by atoms with Gasteiger partial charge >= 0.3 is 7.60 Å². The molecule has 0 radical (unpaired) electrons. The number of ether oxygens (including phenoxy) is 1. The first-order valence-corrected chi connectivity index (χ1v) is 16.3. The molecule has 1 saturated heterocycles. The summed E-state index contributed by atoms with van der Waals surface area (Å²) < 4.78 is 29.6. The van der Waals surface area contributed by atoms with Crippen LogP contribution in [0.1, 0.15) is 74.5 Å². The van der Waals surface area contributed by atoms with Gasteiger partial charge in [0.2, 0.25) is 0 Å². The third kappa shape index (κ3) is 9.74. The lowest BCUT2D eigenvalue weighted by molar-refractivity contribution is -0.109. The highest BCUT2D eigenvalue weighted by Gasteiger charge is 2.27. The number of aldehydes is 1. The van der Waals surface area contributed by atoms with E-state index in [0.29, 0.717) is 28.8 Å². The van der Waals surface area contributed by atoms with Crippen molar-refractivity contribution in [1.29, 1.82) is 0 Å². The number of thiophene rings is 1. The summed E-state index contributed by atoms with van der Waals surface area (Å²) in [7, 11) is -1.46. The average molecular weight is 583 g/mol. The van der Waals surface area contributed by atoms with Crippen LogP contribution in [0.15, 0.2) is 24.3 Å². The first kappa shape index (κ1) is 31.9. The molecule has 218 valence electrons. The summed E-state index contributed by atoms with van der Waals surface area (Å²) in [5.41, 5.74) is 0.679. The summed E-state index contributed by atoms with van der Waals surface area (Å²) in [6.45, 7) is 6.00. The number of nitrogens with one attached hydrogen (secondary N) is 1. The number of aliphatic hydroxyl groups excluding tert-OH is 1. The normalized spacial score (nSPS) is 19.3. The molecule has 3 rings (SSSR count). The zero-order chi connectivity index (χ0) is 28.4. The van der Waals surface area contributed by atoms with Crippen molar-refractivity contribution in [1.82, 2.24) is 10.2 Å². The highest BCUT2D eigenvalue weighted by atomic mass is 32.1. The van der Waals surface area contributed by atoms with E-state index in [-0.39, 0.29) is 25.0 Å². The number of aliphatic hydroxyl groups is 1.